The van der Waals surface area contributed by atoms with Crippen molar-refractivity contribution in [2.24, 2.45) is 93.2 Å². The summed E-state index contributed by atoms with van der Waals surface area (Å²) >= 11 is 0. The van der Waals surface area contributed by atoms with Gasteiger partial charge in [0.2, 0.25) is 0 Å². The number of rotatable bonds is 20. The molecule has 12 unspecified atom stereocenters. The molecular formula is C58H92O15. The highest BCUT2D eigenvalue weighted by molar-refractivity contribution is 5.78. The van der Waals surface area contributed by atoms with Crippen molar-refractivity contribution in [1.82, 2.24) is 0 Å². The highest BCUT2D eigenvalue weighted by Crippen LogP contribution is 2.56. The summed E-state index contributed by atoms with van der Waals surface area (Å²) < 4.78 is 49.1. The molecule has 10 fully saturated rings. The fourth-order valence-corrected chi connectivity index (χ4v) is 14.3. The van der Waals surface area contributed by atoms with Crippen molar-refractivity contribution in [2.75, 3.05) is 34.1 Å². The van der Waals surface area contributed by atoms with E-state index >= 15 is 0 Å². The van der Waals surface area contributed by atoms with Crippen LogP contribution in [-0.4, -0.2) is 94.3 Å². The highest BCUT2D eigenvalue weighted by Gasteiger charge is 2.55. The topological polar surface area (TPSA) is 185 Å². The molecule has 15 nitrogen and oxygen atoms in total. The van der Waals surface area contributed by atoms with Gasteiger partial charge in [0.25, 0.3) is 0 Å². The summed E-state index contributed by atoms with van der Waals surface area (Å²) in [7, 11) is 1.49. The Balaban J connectivity index is 0.000000164. The lowest BCUT2D eigenvalue weighted by atomic mass is 9.55. The average Bonchev–Trinajstić information content (AvgIpc) is 4.25. The molecule has 0 amide bonds. The third kappa shape index (κ3) is 13.5. The van der Waals surface area contributed by atoms with Gasteiger partial charge >= 0.3 is 35.8 Å². The van der Waals surface area contributed by atoms with E-state index in [1.54, 1.807) is 0 Å². The summed E-state index contributed by atoms with van der Waals surface area (Å²) in [6.07, 6.45) is 16.9. The number of ether oxygens (including phenoxy) is 9. The molecule has 73 heavy (non-hydrogen) atoms. The lowest BCUT2D eigenvalue weighted by molar-refractivity contribution is -0.193. The molecule has 15 heteroatoms. The summed E-state index contributed by atoms with van der Waals surface area (Å²) in [5.74, 6) is 3.43. The predicted octanol–water partition coefficient (Wildman–Crippen LogP) is 10.2. The second kappa shape index (κ2) is 24.4. The molecule has 0 radical (unpaired) electrons. The quantitative estimate of drug-likeness (QED) is 0.0485. The van der Waals surface area contributed by atoms with Crippen molar-refractivity contribution in [1.29, 1.82) is 0 Å². The number of esters is 6. The first-order valence-electron chi connectivity index (χ1n) is 28.4. The standard InChI is InChI=1S/C25H38O5.C17H28O5.C16H26O5/c1-4-25(2,3)24(27)30-21-12-16-10-19(21)20(11-16)23(26)29-13-28-22-17-6-14-5-15(8-17)9-18(22)7-14;1-5-17(3,4)16(19)22-14-9-11-7-12(14)13(8-11)15(18)21-10-20-6-2;1-5-16(2,3)15(18)21-13-8-10-6-11(13)12(7-10)14(17)20-9-19-4/h14-22H,4-13H2,1-3H3;11-14H,5-10H2,1-4H3;10-13H,5-9H2,1-4H3. The fourth-order valence-electron chi connectivity index (χ4n) is 14.3. The number of carbonyl (C=O) groups excluding carboxylic acids is 6. The first-order valence-corrected chi connectivity index (χ1v) is 28.4. The largest absolute Gasteiger partial charge is 0.462 e. The van der Waals surface area contributed by atoms with Gasteiger partial charge in [-0.15, -0.1) is 0 Å². The molecule has 414 valence electrons. The first-order chi connectivity index (χ1) is 34.6. The Morgan fingerprint density at radius 1 is 0.411 bits per heavy atom. The lowest BCUT2D eigenvalue weighted by Crippen LogP contribution is -2.49. The molecule has 0 N–H and O–H groups in total. The summed E-state index contributed by atoms with van der Waals surface area (Å²) in [5.41, 5.74) is -1.40. The average molecular weight is 1030 g/mol. The Kier molecular flexibility index (Phi) is 19.2. The van der Waals surface area contributed by atoms with Crippen LogP contribution in [0.4, 0.5) is 0 Å². The highest BCUT2D eigenvalue weighted by atomic mass is 16.7. The van der Waals surface area contributed by atoms with Gasteiger partial charge in [0, 0.05) is 31.5 Å². The number of hydrogen-bond acceptors (Lipinski definition) is 15. The van der Waals surface area contributed by atoms with Crippen molar-refractivity contribution in [3.8, 4) is 0 Å². The molecule has 0 aromatic carbocycles. The van der Waals surface area contributed by atoms with Gasteiger partial charge in [0.1, 0.15) is 18.3 Å². The molecule has 10 bridgehead atoms. The van der Waals surface area contributed by atoms with Gasteiger partial charge in [-0.25, -0.2) is 0 Å². The fraction of sp³-hybridized carbons (Fsp3) is 0.897. The van der Waals surface area contributed by atoms with Crippen LogP contribution < -0.4 is 0 Å². The monoisotopic (exact) mass is 1030 g/mol. The smallest absolute Gasteiger partial charge is 0.311 e. The maximum Gasteiger partial charge on any atom is 0.311 e. The zero-order valence-corrected chi connectivity index (χ0v) is 46.3. The first kappa shape index (κ1) is 57.4. The van der Waals surface area contributed by atoms with E-state index in [2.05, 4.69) is 0 Å². The van der Waals surface area contributed by atoms with Crippen LogP contribution in [0.2, 0.25) is 0 Å². The lowest BCUT2D eigenvalue weighted by Gasteiger charge is -2.53. The predicted molar refractivity (Wildman–Crippen MR) is 268 cm³/mol. The van der Waals surface area contributed by atoms with Crippen molar-refractivity contribution in [3.63, 3.8) is 0 Å². The van der Waals surface area contributed by atoms with Crippen LogP contribution >= 0.6 is 0 Å². The Hall–Kier alpha value is -3.30. The summed E-state index contributed by atoms with van der Waals surface area (Å²) in [6.45, 7) is 19.9. The van der Waals surface area contributed by atoms with E-state index in [0.717, 1.165) is 88.9 Å². The van der Waals surface area contributed by atoms with Gasteiger partial charge in [-0.1, -0.05) is 20.8 Å². The maximum atomic E-state index is 12.8. The Morgan fingerprint density at radius 2 is 0.740 bits per heavy atom. The molecule has 0 saturated heterocycles. The molecule has 10 saturated carbocycles. The zero-order valence-electron chi connectivity index (χ0n) is 46.3. The minimum absolute atomic E-state index is 0.0105. The van der Waals surface area contributed by atoms with E-state index in [1.807, 2.05) is 69.2 Å². The van der Waals surface area contributed by atoms with E-state index in [-0.39, 0.29) is 116 Å². The number of carbonyl (C=O) groups is 6. The minimum Gasteiger partial charge on any atom is -0.462 e. The van der Waals surface area contributed by atoms with E-state index in [0.29, 0.717) is 36.2 Å². The normalized spacial score (nSPS) is 36.1. The Morgan fingerprint density at radius 3 is 1.05 bits per heavy atom. The number of methoxy groups -OCH3 is 1. The SMILES string of the molecule is CCC(C)(C)C(=O)OC1CC2CC(C(=O)OCOC)C1C2.CCC(C)(C)C(=O)OC1CC2CC(C(=O)OCOC3C4CC5CC(C4)CC3C5)C1C2.CCOCOC(=O)C1CC2CC(OC(=O)C(C)(C)CC)C1C2. The number of fused-ring (bicyclic) bond motifs is 6. The van der Waals surface area contributed by atoms with Crippen molar-refractivity contribution >= 4 is 35.8 Å². The van der Waals surface area contributed by atoms with Gasteiger partial charge in [-0.05, 0) is 199 Å². The third-order valence-electron chi connectivity index (χ3n) is 19.7. The molecule has 10 aliphatic rings. The van der Waals surface area contributed by atoms with E-state index < -0.39 is 16.2 Å². The van der Waals surface area contributed by atoms with Gasteiger partial charge in [-0.2, -0.15) is 0 Å². The summed E-state index contributed by atoms with van der Waals surface area (Å²) in [5, 5.41) is 0. The molecular weight excluding hydrogens is 937 g/mol. The van der Waals surface area contributed by atoms with E-state index in [9.17, 15) is 28.8 Å². The summed E-state index contributed by atoms with van der Waals surface area (Å²) in [4.78, 5) is 74.0. The molecule has 0 heterocycles. The molecule has 0 aromatic heterocycles. The van der Waals surface area contributed by atoms with Gasteiger partial charge in [0.05, 0.1) is 40.1 Å². The second-order valence-corrected chi connectivity index (χ2v) is 25.7. The Labute approximate surface area is 435 Å². The van der Waals surface area contributed by atoms with Crippen LogP contribution in [0.25, 0.3) is 0 Å². The second-order valence-electron chi connectivity index (χ2n) is 25.7. The summed E-state index contributed by atoms with van der Waals surface area (Å²) in [6, 6.07) is 0. The van der Waals surface area contributed by atoms with Gasteiger partial charge in [0.15, 0.2) is 20.4 Å². The van der Waals surface area contributed by atoms with Crippen LogP contribution in [0.1, 0.15) is 178 Å². The molecule has 0 spiro atoms. The molecule has 0 aromatic rings. The van der Waals surface area contributed by atoms with Crippen LogP contribution in [-0.2, 0) is 71.4 Å². The number of hydrogen-bond donors (Lipinski definition) is 0. The molecule has 12 atom stereocenters. The van der Waals surface area contributed by atoms with Crippen LogP contribution in [0, 0.1) is 93.2 Å². The third-order valence-corrected chi connectivity index (χ3v) is 19.7. The Bertz CT molecular complexity index is 1900. The zero-order chi connectivity index (χ0) is 53.0. The van der Waals surface area contributed by atoms with Crippen LogP contribution in [0.15, 0.2) is 0 Å². The van der Waals surface area contributed by atoms with E-state index in [1.165, 1.54) is 39.2 Å². The minimum atomic E-state index is -0.468. The molecule has 0 aliphatic heterocycles. The van der Waals surface area contributed by atoms with E-state index in [4.69, 9.17) is 42.6 Å². The van der Waals surface area contributed by atoms with Crippen LogP contribution in [0.5, 0.6) is 0 Å². The van der Waals surface area contributed by atoms with Crippen LogP contribution in [0.3, 0.4) is 0 Å². The van der Waals surface area contributed by atoms with Gasteiger partial charge < -0.3 is 42.6 Å². The maximum absolute atomic E-state index is 12.8. The van der Waals surface area contributed by atoms with Crippen molar-refractivity contribution in [3.05, 3.63) is 0 Å². The van der Waals surface area contributed by atoms with Crippen molar-refractivity contribution in [2.45, 2.75) is 203 Å². The molecule has 10 aliphatic carbocycles. The van der Waals surface area contributed by atoms with Crippen molar-refractivity contribution < 1.29 is 71.4 Å². The van der Waals surface area contributed by atoms with Gasteiger partial charge in [-0.3, -0.25) is 28.8 Å². The molecule has 10 rings (SSSR count).